The van der Waals surface area contributed by atoms with Gasteiger partial charge in [-0.1, -0.05) is 413 Å². The molecule has 1 aliphatic carbocycles. The molecule has 0 amide bonds. The SMILES string of the molecule is c1ccc(-c2nc3ccc4ccc5ccc(-c6cccc(-c7cc8c9ccccc9ccc8c8ccccc78)c6)cc5c4c3s2)cc1.c1ccc(-c2nc3ccc4ccc5ccc(-c6cccc(-c7cc8ccc9ccccc9c8c8ccccc78)c6)cc5c4c3s2)cc1.c1ccc(-c2nc3ccc4ccc5ccc(-c6cccc(-c7ccc8c9c(cccc79)-c7ccccc7-8)c6)cc5c4c3s2)cc1. The van der Waals surface area contributed by atoms with Gasteiger partial charge in [-0.3, -0.25) is 0 Å². The Morgan fingerprint density at radius 3 is 0.914 bits per heavy atom. The van der Waals surface area contributed by atoms with E-state index in [2.05, 4.69) is 479 Å². The van der Waals surface area contributed by atoms with E-state index in [0.29, 0.717) is 0 Å². The number of aromatic nitrogens is 3. The van der Waals surface area contributed by atoms with Crippen molar-refractivity contribution >= 4 is 205 Å². The number of hydrogen-bond donors (Lipinski definition) is 0. The number of rotatable bonds is 9. The average molecular weight is 1820 g/mol. The highest BCUT2D eigenvalue weighted by Gasteiger charge is 2.25. The van der Waals surface area contributed by atoms with Gasteiger partial charge in [0.05, 0.1) is 30.6 Å². The molecule has 3 aromatic heterocycles. The minimum atomic E-state index is 1.05. The molecule has 0 spiro atoms. The second-order valence-corrected chi connectivity index (χ2v) is 39.6. The third-order valence-electron chi connectivity index (χ3n) is 28.7. The second kappa shape index (κ2) is 32.8. The smallest absolute Gasteiger partial charge is 0.124 e. The highest BCUT2D eigenvalue weighted by atomic mass is 32.1. The predicted molar refractivity (Wildman–Crippen MR) is 600 cm³/mol. The first-order valence-corrected chi connectivity index (χ1v) is 49.9. The first kappa shape index (κ1) is 80.2. The van der Waals surface area contributed by atoms with Crippen LogP contribution >= 0.6 is 34.0 Å². The third kappa shape index (κ3) is 13.6. The van der Waals surface area contributed by atoms with Crippen LogP contribution in [0.15, 0.2) is 479 Å². The van der Waals surface area contributed by atoms with E-state index in [9.17, 15) is 0 Å². The van der Waals surface area contributed by atoms with Gasteiger partial charge in [0, 0.05) is 32.8 Å². The Hall–Kier alpha value is -17.2. The van der Waals surface area contributed by atoms with Gasteiger partial charge in [0.25, 0.3) is 0 Å². The molecule has 3 heterocycles. The van der Waals surface area contributed by atoms with Crippen molar-refractivity contribution in [1.29, 1.82) is 0 Å². The molecular formula is C133H79N3S3. The Labute approximate surface area is 813 Å². The molecule has 0 aliphatic heterocycles. The van der Waals surface area contributed by atoms with E-state index in [1.54, 1.807) is 34.0 Å². The number of hydrogen-bond acceptors (Lipinski definition) is 6. The van der Waals surface area contributed by atoms with E-state index in [4.69, 9.17) is 15.0 Å². The van der Waals surface area contributed by atoms with Crippen LogP contribution in [0.4, 0.5) is 0 Å². The van der Waals surface area contributed by atoms with Crippen molar-refractivity contribution in [3.05, 3.63) is 479 Å². The van der Waals surface area contributed by atoms with Gasteiger partial charge in [0.1, 0.15) is 15.0 Å². The molecule has 1 aliphatic rings. The highest BCUT2D eigenvalue weighted by Crippen LogP contribution is 2.52. The fourth-order valence-electron chi connectivity index (χ4n) is 22.1. The molecule has 0 bridgehead atoms. The van der Waals surface area contributed by atoms with E-state index < -0.39 is 0 Å². The van der Waals surface area contributed by atoms with Crippen LogP contribution in [0.5, 0.6) is 0 Å². The molecule has 26 aromatic carbocycles. The zero-order chi connectivity index (χ0) is 91.3. The van der Waals surface area contributed by atoms with Crippen molar-refractivity contribution in [3.63, 3.8) is 0 Å². The van der Waals surface area contributed by atoms with Crippen LogP contribution in [0.2, 0.25) is 0 Å². The molecule has 29 aromatic rings. The van der Waals surface area contributed by atoms with Crippen LogP contribution in [-0.2, 0) is 0 Å². The molecule has 0 radical (unpaired) electrons. The van der Waals surface area contributed by atoms with E-state index in [1.807, 2.05) is 0 Å². The minimum absolute atomic E-state index is 1.05. The van der Waals surface area contributed by atoms with E-state index in [1.165, 1.54) is 243 Å². The minimum Gasteiger partial charge on any atom is -0.236 e. The normalized spacial score (nSPS) is 11.9. The zero-order valence-electron chi connectivity index (χ0n) is 75.2. The molecule has 6 heteroatoms. The fraction of sp³-hybridized carbons (Fsp3) is 0. The summed E-state index contributed by atoms with van der Waals surface area (Å²) in [5.74, 6) is 0. The van der Waals surface area contributed by atoms with Crippen molar-refractivity contribution in [2.45, 2.75) is 0 Å². The molecule has 0 unspecified atom stereocenters. The highest BCUT2D eigenvalue weighted by molar-refractivity contribution is 7.23. The van der Waals surface area contributed by atoms with Crippen LogP contribution in [0.3, 0.4) is 0 Å². The second-order valence-electron chi connectivity index (χ2n) is 36.6. The monoisotopic (exact) mass is 1810 g/mol. The number of benzene rings is 26. The molecule has 0 atom stereocenters. The largest absolute Gasteiger partial charge is 0.236 e. The Kier molecular flexibility index (Phi) is 18.9. The molecule has 644 valence electrons. The predicted octanol–water partition coefficient (Wildman–Crippen LogP) is 38.5. The lowest BCUT2D eigenvalue weighted by molar-refractivity contribution is 1.48. The summed E-state index contributed by atoms with van der Waals surface area (Å²) in [5, 5.41) is 36.4. The Balaban J connectivity index is 0.000000103. The van der Waals surface area contributed by atoms with Crippen molar-refractivity contribution in [1.82, 2.24) is 15.0 Å². The van der Waals surface area contributed by atoms with Gasteiger partial charge >= 0.3 is 0 Å². The third-order valence-corrected chi connectivity index (χ3v) is 32.1. The molecule has 3 nitrogen and oxygen atoms in total. The first-order chi connectivity index (χ1) is 68.9. The van der Waals surface area contributed by atoms with Crippen LogP contribution in [-0.4, -0.2) is 15.0 Å². The van der Waals surface area contributed by atoms with E-state index in [0.717, 1.165) is 48.3 Å². The van der Waals surface area contributed by atoms with E-state index in [-0.39, 0.29) is 0 Å². The van der Waals surface area contributed by atoms with Gasteiger partial charge in [-0.25, -0.2) is 15.0 Å². The van der Waals surface area contributed by atoms with Crippen molar-refractivity contribution in [2.24, 2.45) is 0 Å². The standard InChI is InChI=1S/2C45H27NS.C43H25NS/c1-2-10-31(11-3-1)45-46-41-24-23-30-20-17-29-18-21-33(26-40(29)43(30)44(41)47-45)32-12-8-13-34(25-32)39-27-35-22-19-28-9-4-5-14-36(28)42(35)38-16-7-6-15-37(38)39;1-2-10-31(11-3-1)45-46-42-24-22-30-19-17-29-18-20-33(26-40(29)43(30)44(42)47-45)32-12-8-13-34(25-32)39-27-41-35-14-5-4-9-28(35)21-23-38(41)36-15-6-7-16-37(36)39;1-2-8-28(9-3-1)43-44-39-23-20-27-18-16-26-17-19-30(25-38(26)40(27)42(39)45-43)29-10-6-11-31(24-29)32-21-22-37-34-13-5-4-12-33(34)36-15-7-14-35(32)41(36)37/h2*1-27H;1-25H. The lowest BCUT2D eigenvalue weighted by atomic mass is 9.89. The summed E-state index contributed by atoms with van der Waals surface area (Å²) >= 11 is 5.36. The van der Waals surface area contributed by atoms with Gasteiger partial charge in [0.15, 0.2) is 0 Å². The molecule has 0 N–H and O–H groups in total. The Morgan fingerprint density at radius 1 is 0.122 bits per heavy atom. The van der Waals surface area contributed by atoms with Crippen LogP contribution in [0.1, 0.15) is 0 Å². The van der Waals surface area contributed by atoms with Gasteiger partial charge in [-0.2, -0.15) is 0 Å². The summed E-state index contributed by atoms with van der Waals surface area (Å²) < 4.78 is 3.73. The Morgan fingerprint density at radius 2 is 0.424 bits per heavy atom. The summed E-state index contributed by atoms with van der Waals surface area (Å²) in [7, 11) is 0. The zero-order valence-corrected chi connectivity index (χ0v) is 77.6. The molecule has 0 fully saturated rings. The maximum atomic E-state index is 5.05. The number of thiazole rings is 3. The lowest BCUT2D eigenvalue weighted by Crippen LogP contribution is -1.87. The maximum absolute atomic E-state index is 5.05. The van der Waals surface area contributed by atoms with Gasteiger partial charge in [0.2, 0.25) is 0 Å². The topological polar surface area (TPSA) is 38.7 Å². The molecule has 30 rings (SSSR count). The summed E-state index contributed by atoms with van der Waals surface area (Å²) in [6.07, 6.45) is 0. The van der Waals surface area contributed by atoms with Crippen LogP contribution in [0, 0.1) is 0 Å². The fourth-order valence-corrected chi connectivity index (χ4v) is 25.5. The van der Waals surface area contributed by atoms with Crippen molar-refractivity contribution in [3.8, 4) is 121 Å². The average Bonchev–Trinajstić information content (AvgIpc) is 1.72. The summed E-state index contributed by atoms with van der Waals surface area (Å²) in [6.45, 7) is 0. The quantitative estimate of drug-likeness (QED) is 0.135. The van der Waals surface area contributed by atoms with Gasteiger partial charge in [-0.15, -0.1) is 34.0 Å². The molecular weight excluding hydrogens is 1740 g/mol. The van der Waals surface area contributed by atoms with E-state index >= 15 is 0 Å². The Bertz CT molecular complexity index is 10100. The first-order valence-electron chi connectivity index (χ1n) is 47.5. The maximum Gasteiger partial charge on any atom is 0.124 e. The van der Waals surface area contributed by atoms with Gasteiger partial charge in [-0.05, 0) is 280 Å². The van der Waals surface area contributed by atoms with Gasteiger partial charge < -0.3 is 0 Å². The molecule has 139 heavy (non-hydrogen) atoms. The number of fused-ring (bicyclic) bond motifs is 28. The molecule has 0 saturated heterocycles. The summed E-state index contributed by atoms with van der Waals surface area (Å²) in [6, 6.07) is 175. The van der Waals surface area contributed by atoms with Crippen LogP contribution < -0.4 is 0 Å². The summed E-state index contributed by atoms with van der Waals surface area (Å²) in [5.41, 5.74) is 26.8. The van der Waals surface area contributed by atoms with Crippen LogP contribution in [0.25, 0.3) is 291 Å². The van der Waals surface area contributed by atoms with Crippen molar-refractivity contribution < 1.29 is 0 Å². The summed E-state index contributed by atoms with van der Waals surface area (Å²) in [4.78, 5) is 15.1. The molecule has 0 saturated carbocycles. The number of nitrogens with zero attached hydrogens (tertiary/aromatic N) is 3. The lowest BCUT2D eigenvalue weighted by Gasteiger charge is -2.14. The van der Waals surface area contributed by atoms with Crippen molar-refractivity contribution in [2.75, 3.05) is 0 Å².